The van der Waals surface area contributed by atoms with Crippen molar-refractivity contribution in [1.82, 2.24) is 25.5 Å². The molecule has 1 unspecified atom stereocenters. The van der Waals surface area contributed by atoms with Crippen LogP contribution in [0, 0.1) is 11.6 Å². The number of nitrogens with two attached hydrogens (primary N) is 1. The fraction of sp³-hybridized carbons (Fsp3) is 0.211. The Morgan fingerprint density at radius 3 is 2.42 bits per heavy atom. The van der Waals surface area contributed by atoms with Crippen LogP contribution >= 0.6 is 0 Å². The summed E-state index contributed by atoms with van der Waals surface area (Å²) < 4.78 is 26.5. The fourth-order valence-electron chi connectivity index (χ4n) is 2.61. The van der Waals surface area contributed by atoms with Crippen LogP contribution in [0.1, 0.15) is 24.2 Å². The van der Waals surface area contributed by atoms with E-state index in [0.717, 1.165) is 17.7 Å². The van der Waals surface area contributed by atoms with Gasteiger partial charge in [0.25, 0.3) is 11.9 Å². The standard InChI is InChI=1S/C19H19F2N7O3/c1-10(23-18(31)16(29)12-6-13(20)8-14(21)7-12)17(30)24-19-25-27-28(26-19)9-11-2-4-15(22)5-3-11/h2-8,10,16,29H,9,22H2,1H3,(H,23,31)(H,24,26,30)/t10-,16?/m0/s1. The lowest BCUT2D eigenvalue weighted by atomic mass is 10.1. The SMILES string of the molecule is C[C@H](NC(=O)C(O)c1cc(F)cc(F)c1)C(=O)Nc1nnn(Cc2ccc(N)cc2)n1. The predicted octanol–water partition coefficient (Wildman–Crippen LogP) is 0.759. The maximum atomic E-state index is 13.3. The van der Waals surface area contributed by atoms with Crippen molar-refractivity contribution in [2.45, 2.75) is 25.6 Å². The monoisotopic (exact) mass is 431 g/mol. The number of aromatic nitrogens is 4. The molecular formula is C19H19F2N7O3. The molecule has 0 aliphatic heterocycles. The van der Waals surface area contributed by atoms with Gasteiger partial charge >= 0.3 is 0 Å². The minimum absolute atomic E-state index is 0.0886. The highest BCUT2D eigenvalue weighted by molar-refractivity contribution is 5.96. The largest absolute Gasteiger partial charge is 0.399 e. The molecule has 1 heterocycles. The molecule has 0 radical (unpaired) electrons. The first-order valence-electron chi connectivity index (χ1n) is 9.09. The zero-order chi connectivity index (χ0) is 22.5. The highest BCUT2D eigenvalue weighted by atomic mass is 19.1. The number of nitrogens with zero attached hydrogens (tertiary/aromatic N) is 4. The van der Waals surface area contributed by atoms with Crippen molar-refractivity contribution in [3.63, 3.8) is 0 Å². The number of halogens is 2. The maximum Gasteiger partial charge on any atom is 0.270 e. The molecule has 0 aliphatic carbocycles. The number of amides is 2. The van der Waals surface area contributed by atoms with Gasteiger partial charge in [0, 0.05) is 11.8 Å². The molecule has 2 atom stereocenters. The predicted molar refractivity (Wildman–Crippen MR) is 105 cm³/mol. The number of hydrogen-bond donors (Lipinski definition) is 4. The lowest BCUT2D eigenvalue weighted by Gasteiger charge is -2.16. The molecule has 3 rings (SSSR count). The third-order valence-corrected chi connectivity index (χ3v) is 4.19. The summed E-state index contributed by atoms with van der Waals surface area (Å²) in [5.41, 5.74) is 6.83. The summed E-state index contributed by atoms with van der Waals surface area (Å²) in [5, 5.41) is 26.2. The van der Waals surface area contributed by atoms with E-state index >= 15 is 0 Å². The lowest BCUT2D eigenvalue weighted by molar-refractivity contribution is -0.132. The fourth-order valence-corrected chi connectivity index (χ4v) is 2.61. The average Bonchev–Trinajstić information content (AvgIpc) is 3.15. The van der Waals surface area contributed by atoms with Crippen LogP contribution in [-0.2, 0) is 16.1 Å². The van der Waals surface area contributed by atoms with Gasteiger partial charge in [0.15, 0.2) is 6.10 Å². The number of nitrogen functional groups attached to an aromatic ring is 1. The van der Waals surface area contributed by atoms with Crippen molar-refractivity contribution >= 4 is 23.5 Å². The van der Waals surface area contributed by atoms with Gasteiger partial charge in [-0.1, -0.05) is 17.2 Å². The third kappa shape index (κ3) is 5.79. The van der Waals surface area contributed by atoms with Gasteiger partial charge in [0.2, 0.25) is 5.91 Å². The molecule has 12 heteroatoms. The minimum Gasteiger partial charge on any atom is -0.399 e. The first-order chi connectivity index (χ1) is 14.7. The van der Waals surface area contributed by atoms with Crippen LogP contribution in [0.5, 0.6) is 0 Å². The van der Waals surface area contributed by atoms with Crippen LogP contribution < -0.4 is 16.4 Å². The lowest BCUT2D eigenvalue weighted by Crippen LogP contribution is -2.43. The van der Waals surface area contributed by atoms with Gasteiger partial charge < -0.3 is 16.2 Å². The van der Waals surface area contributed by atoms with Crippen LogP contribution in [0.25, 0.3) is 0 Å². The quantitative estimate of drug-likeness (QED) is 0.404. The summed E-state index contributed by atoms with van der Waals surface area (Å²) in [5.74, 6) is -3.67. The summed E-state index contributed by atoms with van der Waals surface area (Å²) in [4.78, 5) is 25.6. The summed E-state index contributed by atoms with van der Waals surface area (Å²) in [6, 6.07) is 8.19. The molecule has 2 aromatic carbocycles. The third-order valence-electron chi connectivity index (χ3n) is 4.19. The molecule has 1 aromatic heterocycles. The van der Waals surface area contributed by atoms with Gasteiger partial charge in [-0.2, -0.15) is 4.80 Å². The van der Waals surface area contributed by atoms with Crippen LogP contribution in [0.2, 0.25) is 0 Å². The van der Waals surface area contributed by atoms with Gasteiger partial charge in [-0.3, -0.25) is 14.9 Å². The number of rotatable bonds is 7. The normalized spacial score (nSPS) is 12.8. The zero-order valence-corrected chi connectivity index (χ0v) is 16.3. The Hall–Kier alpha value is -3.93. The molecule has 31 heavy (non-hydrogen) atoms. The van der Waals surface area contributed by atoms with E-state index in [9.17, 15) is 23.5 Å². The molecule has 0 bridgehead atoms. The zero-order valence-electron chi connectivity index (χ0n) is 16.3. The van der Waals surface area contributed by atoms with Crippen LogP contribution in [0.15, 0.2) is 42.5 Å². The van der Waals surface area contributed by atoms with Crippen molar-refractivity contribution in [3.8, 4) is 0 Å². The topological polar surface area (TPSA) is 148 Å². The van der Waals surface area contributed by atoms with E-state index in [1.807, 2.05) is 0 Å². The number of carbonyl (C=O) groups excluding carboxylic acids is 2. The Bertz CT molecular complexity index is 1070. The maximum absolute atomic E-state index is 13.3. The molecule has 5 N–H and O–H groups in total. The van der Waals surface area contributed by atoms with Crippen molar-refractivity contribution in [2.75, 3.05) is 11.1 Å². The Balaban J connectivity index is 1.56. The van der Waals surface area contributed by atoms with Crippen molar-refractivity contribution in [3.05, 3.63) is 65.2 Å². The summed E-state index contributed by atoms with van der Waals surface area (Å²) in [7, 11) is 0. The smallest absolute Gasteiger partial charge is 0.270 e. The number of tetrazole rings is 1. The minimum atomic E-state index is -1.86. The Labute approximate surface area is 175 Å². The number of nitrogens with one attached hydrogen (secondary N) is 2. The molecule has 0 fully saturated rings. The molecule has 0 spiro atoms. The van der Waals surface area contributed by atoms with Crippen LogP contribution in [0.3, 0.4) is 0 Å². The van der Waals surface area contributed by atoms with E-state index in [1.165, 1.54) is 11.7 Å². The van der Waals surface area contributed by atoms with Gasteiger partial charge in [-0.15, -0.1) is 5.10 Å². The number of anilines is 2. The average molecular weight is 431 g/mol. The number of carbonyl (C=O) groups is 2. The molecule has 0 saturated heterocycles. The number of aliphatic hydroxyl groups is 1. The van der Waals surface area contributed by atoms with Crippen molar-refractivity contribution < 1.29 is 23.5 Å². The summed E-state index contributed by atoms with van der Waals surface area (Å²) >= 11 is 0. The molecule has 2 amide bonds. The highest BCUT2D eigenvalue weighted by Crippen LogP contribution is 2.16. The van der Waals surface area contributed by atoms with Gasteiger partial charge in [-0.25, -0.2) is 8.78 Å². The van der Waals surface area contributed by atoms with E-state index < -0.39 is 35.6 Å². The molecule has 162 valence electrons. The molecule has 10 nitrogen and oxygen atoms in total. The van der Waals surface area contributed by atoms with Crippen molar-refractivity contribution in [2.24, 2.45) is 0 Å². The Morgan fingerprint density at radius 1 is 1.13 bits per heavy atom. The van der Waals surface area contributed by atoms with E-state index in [0.29, 0.717) is 18.3 Å². The van der Waals surface area contributed by atoms with E-state index in [2.05, 4.69) is 26.0 Å². The van der Waals surface area contributed by atoms with E-state index in [4.69, 9.17) is 5.73 Å². The summed E-state index contributed by atoms with van der Waals surface area (Å²) in [6.07, 6.45) is -1.86. The second kappa shape index (κ2) is 9.26. The van der Waals surface area contributed by atoms with E-state index in [-0.39, 0.29) is 11.5 Å². The number of aliphatic hydroxyl groups excluding tert-OH is 1. The number of benzene rings is 2. The first kappa shape index (κ1) is 21.8. The van der Waals surface area contributed by atoms with Crippen molar-refractivity contribution in [1.29, 1.82) is 0 Å². The molecule has 3 aromatic rings. The van der Waals surface area contributed by atoms with E-state index in [1.54, 1.807) is 24.3 Å². The first-order valence-corrected chi connectivity index (χ1v) is 9.09. The van der Waals surface area contributed by atoms with Gasteiger partial charge in [0.05, 0.1) is 6.54 Å². The number of hydrogen-bond acceptors (Lipinski definition) is 7. The Kier molecular flexibility index (Phi) is 6.50. The summed E-state index contributed by atoms with van der Waals surface area (Å²) in [6.45, 7) is 1.65. The molecule has 0 aliphatic rings. The Morgan fingerprint density at radius 2 is 1.77 bits per heavy atom. The molecule has 0 saturated carbocycles. The van der Waals surface area contributed by atoms with Gasteiger partial charge in [0.1, 0.15) is 17.7 Å². The van der Waals surface area contributed by atoms with Crippen LogP contribution in [0.4, 0.5) is 20.4 Å². The molecular weight excluding hydrogens is 412 g/mol. The second-order valence-corrected chi connectivity index (χ2v) is 6.71. The second-order valence-electron chi connectivity index (χ2n) is 6.71. The highest BCUT2D eigenvalue weighted by Gasteiger charge is 2.24. The van der Waals surface area contributed by atoms with Crippen LogP contribution in [-0.4, -0.2) is 43.2 Å². The van der Waals surface area contributed by atoms with Gasteiger partial charge in [-0.05, 0) is 47.5 Å².